The SMILES string of the molecule is CC(C)N(CCCO)CC(=O)Nc1cccc(CN)c1. The Labute approximate surface area is 120 Å². The number of nitrogens with two attached hydrogens (primary N) is 1. The number of anilines is 1. The van der Waals surface area contributed by atoms with E-state index in [-0.39, 0.29) is 18.6 Å². The number of carbonyl (C=O) groups is 1. The fourth-order valence-electron chi connectivity index (χ4n) is 1.95. The van der Waals surface area contributed by atoms with E-state index in [0.717, 1.165) is 11.3 Å². The van der Waals surface area contributed by atoms with Crippen LogP contribution in [0.1, 0.15) is 25.8 Å². The molecule has 20 heavy (non-hydrogen) atoms. The molecule has 0 aliphatic carbocycles. The second-order valence-electron chi connectivity index (χ2n) is 5.09. The molecule has 0 bridgehead atoms. The van der Waals surface area contributed by atoms with Crippen LogP contribution in [0.3, 0.4) is 0 Å². The van der Waals surface area contributed by atoms with Crippen molar-refractivity contribution >= 4 is 11.6 Å². The van der Waals surface area contributed by atoms with Gasteiger partial charge in [0.25, 0.3) is 0 Å². The minimum absolute atomic E-state index is 0.0502. The van der Waals surface area contributed by atoms with Gasteiger partial charge in [0.05, 0.1) is 6.54 Å². The van der Waals surface area contributed by atoms with Crippen LogP contribution >= 0.6 is 0 Å². The second kappa shape index (κ2) is 8.68. The van der Waals surface area contributed by atoms with Crippen LogP contribution in [0.25, 0.3) is 0 Å². The topological polar surface area (TPSA) is 78.6 Å². The highest BCUT2D eigenvalue weighted by Gasteiger charge is 2.13. The number of hydrogen-bond donors (Lipinski definition) is 3. The Balaban J connectivity index is 2.56. The Morgan fingerprint density at radius 1 is 1.45 bits per heavy atom. The summed E-state index contributed by atoms with van der Waals surface area (Å²) >= 11 is 0. The van der Waals surface area contributed by atoms with Gasteiger partial charge in [0.1, 0.15) is 0 Å². The summed E-state index contributed by atoms with van der Waals surface area (Å²) in [6.45, 7) is 5.72. The van der Waals surface area contributed by atoms with E-state index in [1.165, 1.54) is 0 Å². The summed E-state index contributed by atoms with van der Waals surface area (Å²) in [6, 6.07) is 7.80. The lowest BCUT2D eigenvalue weighted by Crippen LogP contribution is -2.39. The van der Waals surface area contributed by atoms with E-state index in [1.54, 1.807) is 0 Å². The summed E-state index contributed by atoms with van der Waals surface area (Å²) < 4.78 is 0. The fourth-order valence-corrected chi connectivity index (χ4v) is 1.95. The first-order valence-corrected chi connectivity index (χ1v) is 7.00. The van der Waals surface area contributed by atoms with Crippen molar-refractivity contribution in [1.29, 1.82) is 0 Å². The van der Waals surface area contributed by atoms with Gasteiger partial charge in [-0.1, -0.05) is 12.1 Å². The Kier molecular flexibility index (Phi) is 7.22. The largest absolute Gasteiger partial charge is 0.396 e. The molecular formula is C15H25N3O2. The molecule has 112 valence electrons. The van der Waals surface area contributed by atoms with Crippen LogP contribution in [0, 0.1) is 0 Å². The number of benzene rings is 1. The van der Waals surface area contributed by atoms with Crippen LogP contribution in [0.2, 0.25) is 0 Å². The Morgan fingerprint density at radius 3 is 2.80 bits per heavy atom. The van der Waals surface area contributed by atoms with Crippen molar-refractivity contribution in [2.45, 2.75) is 32.9 Å². The van der Waals surface area contributed by atoms with E-state index in [4.69, 9.17) is 10.8 Å². The molecule has 0 aliphatic rings. The maximum atomic E-state index is 12.0. The molecule has 0 aliphatic heterocycles. The molecule has 0 fully saturated rings. The molecule has 1 rings (SSSR count). The third-order valence-corrected chi connectivity index (χ3v) is 3.13. The molecule has 5 nitrogen and oxygen atoms in total. The van der Waals surface area contributed by atoms with E-state index < -0.39 is 0 Å². The van der Waals surface area contributed by atoms with Crippen LogP contribution in [0.5, 0.6) is 0 Å². The number of amides is 1. The average Bonchev–Trinajstić information content (AvgIpc) is 2.43. The van der Waals surface area contributed by atoms with Gasteiger partial charge in [0.2, 0.25) is 5.91 Å². The zero-order chi connectivity index (χ0) is 15.0. The molecule has 1 aromatic rings. The predicted molar refractivity (Wildman–Crippen MR) is 81.4 cm³/mol. The van der Waals surface area contributed by atoms with Crippen LogP contribution in [-0.2, 0) is 11.3 Å². The summed E-state index contributed by atoms with van der Waals surface area (Å²) in [4.78, 5) is 14.1. The molecule has 4 N–H and O–H groups in total. The molecule has 0 unspecified atom stereocenters. The van der Waals surface area contributed by atoms with Crippen molar-refractivity contribution in [3.05, 3.63) is 29.8 Å². The van der Waals surface area contributed by atoms with Crippen molar-refractivity contribution in [3.63, 3.8) is 0 Å². The number of aliphatic hydroxyl groups excluding tert-OH is 1. The maximum absolute atomic E-state index is 12.0. The third kappa shape index (κ3) is 5.69. The highest BCUT2D eigenvalue weighted by atomic mass is 16.3. The molecular weight excluding hydrogens is 254 g/mol. The number of carbonyl (C=O) groups excluding carboxylic acids is 1. The van der Waals surface area contributed by atoms with Crippen LogP contribution in [-0.4, -0.2) is 41.7 Å². The first kappa shape index (κ1) is 16.6. The maximum Gasteiger partial charge on any atom is 0.238 e. The smallest absolute Gasteiger partial charge is 0.238 e. The first-order chi connectivity index (χ1) is 9.56. The van der Waals surface area contributed by atoms with Crippen LogP contribution in [0.15, 0.2) is 24.3 Å². The highest BCUT2D eigenvalue weighted by Crippen LogP contribution is 2.10. The zero-order valence-electron chi connectivity index (χ0n) is 12.3. The fraction of sp³-hybridized carbons (Fsp3) is 0.533. The molecule has 0 atom stereocenters. The molecule has 1 amide bonds. The van der Waals surface area contributed by atoms with Gasteiger partial charge in [0, 0.05) is 31.4 Å². The minimum Gasteiger partial charge on any atom is -0.396 e. The Bertz CT molecular complexity index is 421. The second-order valence-corrected chi connectivity index (χ2v) is 5.09. The van der Waals surface area contributed by atoms with Crippen molar-refractivity contribution in [3.8, 4) is 0 Å². The molecule has 5 heteroatoms. The standard InChI is InChI=1S/C15H25N3O2/c1-12(2)18(7-4-8-19)11-15(20)17-14-6-3-5-13(9-14)10-16/h3,5-6,9,12,19H,4,7-8,10-11,16H2,1-2H3,(H,17,20). The van der Waals surface area contributed by atoms with Gasteiger partial charge in [-0.25, -0.2) is 0 Å². The van der Waals surface area contributed by atoms with E-state index in [0.29, 0.717) is 26.1 Å². The Hall–Kier alpha value is -1.43. The van der Waals surface area contributed by atoms with Crippen molar-refractivity contribution in [2.24, 2.45) is 5.73 Å². The third-order valence-electron chi connectivity index (χ3n) is 3.13. The molecule has 0 radical (unpaired) electrons. The van der Waals surface area contributed by atoms with E-state index in [9.17, 15) is 4.79 Å². The summed E-state index contributed by atoms with van der Waals surface area (Å²) in [6.07, 6.45) is 0.675. The lowest BCUT2D eigenvalue weighted by molar-refractivity contribution is -0.117. The molecule has 0 heterocycles. The van der Waals surface area contributed by atoms with E-state index in [1.807, 2.05) is 43.0 Å². The first-order valence-electron chi connectivity index (χ1n) is 7.00. The van der Waals surface area contributed by atoms with E-state index >= 15 is 0 Å². The van der Waals surface area contributed by atoms with Gasteiger partial charge in [0.15, 0.2) is 0 Å². The summed E-state index contributed by atoms with van der Waals surface area (Å²) in [5.74, 6) is -0.0502. The summed E-state index contributed by atoms with van der Waals surface area (Å²) in [5, 5.41) is 11.8. The number of aliphatic hydroxyl groups is 1. The number of rotatable bonds is 8. The lowest BCUT2D eigenvalue weighted by Gasteiger charge is -2.25. The number of nitrogens with one attached hydrogen (secondary N) is 1. The van der Waals surface area contributed by atoms with Crippen molar-refractivity contribution in [2.75, 3.05) is 25.0 Å². The molecule has 0 aromatic heterocycles. The summed E-state index contributed by atoms with van der Waals surface area (Å²) in [5.41, 5.74) is 7.34. The van der Waals surface area contributed by atoms with Crippen molar-refractivity contribution < 1.29 is 9.90 Å². The predicted octanol–water partition coefficient (Wildman–Crippen LogP) is 1.18. The summed E-state index contributed by atoms with van der Waals surface area (Å²) in [7, 11) is 0. The van der Waals surface area contributed by atoms with Gasteiger partial charge in [-0.15, -0.1) is 0 Å². The lowest BCUT2D eigenvalue weighted by atomic mass is 10.2. The van der Waals surface area contributed by atoms with Gasteiger partial charge < -0.3 is 16.2 Å². The Morgan fingerprint density at radius 2 is 2.20 bits per heavy atom. The average molecular weight is 279 g/mol. The van der Waals surface area contributed by atoms with E-state index in [2.05, 4.69) is 5.32 Å². The van der Waals surface area contributed by atoms with Gasteiger partial charge in [-0.2, -0.15) is 0 Å². The molecule has 0 spiro atoms. The molecule has 1 aromatic carbocycles. The minimum atomic E-state index is -0.0502. The quantitative estimate of drug-likeness (QED) is 0.667. The zero-order valence-corrected chi connectivity index (χ0v) is 12.3. The molecule has 0 saturated carbocycles. The van der Waals surface area contributed by atoms with Gasteiger partial charge in [-0.05, 0) is 38.0 Å². The number of nitrogens with zero attached hydrogens (tertiary/aromatic N) is 1. The van der Waals surface area contributed by atoms with Crippen LogP contribution < -0.4 is 11.1 Å². The van der Waals surface area contributed by atoms with Crippen LogP contribution in [0.4, 0.5) is 5.69 Å². The number of hydrogen-bond acceptors (Lipinski definition) is 4. The monoisotopic (exact) mass is 279 g/mol. The highest BCUT2D eigenvalue weighted by molar-refractivity contribution is 5.92. The molecule has 0 saturated heterocycles. The normalized spacial score (nSPS) is 11.1. The van der Waals surface area contributed by atoms with Crippen molar-refractivity contribution in [1.82, 2.24) is 4.90 Å². The van der Waals surface area contributed by atoms with Gasteiger partial charge >= 0.3 is 0 Å². The van der Waals surface area contributed by atoms with Gasteiger partial charge in [-0.3, -0.25) is 9.69 Å².